The van der Waals surface area contributed by atoms with Crippen LogP contribution in [0.1, 0.15) is 10.4 Å². The molecule has 0 radical (unpaired) electrons. The number of carboxylic acid groups (broad SMARTS) is 1. The van der Waals surface area contributed by atoms with Gasteiger partial charge in [-0.05, 0) is 18.4 Å². The number of aromatic carboxylic acids is 1. The van der Waals surface area contributed by atoms with Crippen LogP contribution < -0.4 is 5.73 Å². The molecule has 0 unspecified atom stereocenters. The first-order valence-electron chi connectivity index (χ1n) is 3.46. The number of benzene rings is 1. The van der Waals surface area contributed by atoms with E-state index in [1.165, 1.54) is 23.9 Å². The van der Waals surface area contributed by atoms with Crippen molar-refractivity contribution in [3.05, 3.63) is 17.7 Å². The molecule has 0 aromatic heterocycles. The van der Waals surface area contributed by atoms with Gasteiger partial charge in [0, 0.05) is 4.90 Å². The quantitative estimate of drug-likeness (QED) is 0.381. The first kappa shape index (κ1) is 9.73. The van der Waals surface area contributed by atoms with Gasteiger partial charge in [-0.15, -0.1) is 11.8 Å². The van der Waals surface area contributed by atoms with Gasteiger partial charge in [-0.3, -0.25) is 0 Å². The highest BCUT2D eigenvalue weighted by Gasteiger charge is 2.13. The zero-order valence-electron chi connectivity index (χ0n) is 6.94. The number of nitrogen functional groups attached to an aromatic ring is 1. The van der Waals surface area contributed by atoms with Crippen LogP contribution in [0.2, 0.25) is 0 Å². The highest BCUT2D eigenvalue weighted by Crippen LogP contribution is 2.30. The standard InChI is InChI=1S/C8H9NO3S/c1-13-4-2-5(8(11)12)7(10)6(9)3-4/h2-3,10H,9H2,1H3,(H,11,12). The SMILES string of the molecule is CSc1cc(N)c(O)c(C(=O)O)c1. The lowest BCUT2D eigenvalue weighted by Crippen LogP contribution is -1.99. The number of anilines is 1. The van der Waals surface area contributed by atoms with Crippen molar-refractivity contribution >= 4 is 23.4 Å². The van der Waals surface area contributed by atoms with Crippen LogP contribution in [0.15, 0.2) is 17.0 Å². The van der Waals surface area contributed by atoms with Gasteiger partial charge in [0.1, 0.15) is 5.56 Å². The average molecular weight is 199 g/mol. The second kappa shape index (κ2) is 3.57. The smallest absolute Gasteiger partial charge is 0.339 e. The number of carbonyl (C=O) groups is 1. The summed E-state index contributed by atoms with van der Waals surface area (Å²) in [5.74, 6) is -1.55. The Labute approximate surface area is 79.4 Å². The summed E-state index contributed by atoms with van der Waals surface area (Å²) in [6.45, 7) is 0. The number of hydrogen-bond donors (Lipinski definition) is 3. The fraction of sp³-hybridized carbons (Fsp3) is 0.125. The maximum Gasteiger partial charge on any atom is 0.339 e. The van der Waals surface area contributed by atoms with Crippen molar-refractivity contribution in [2.75, 3.05) is 12.0 Å². The number of rotatable bonds is 2. The average Bonchev–Trinajstić information content (AvgIpc) is 2.09. The third-order valence-electron chi connectivity index (χ3n) is 1.58. The summed E-state index contributed by atoms with van der Waals surface area (Å²) in [5.41, 5.74) is 5.33. The molecule has 0 amide bonds. The largest absolute Gasteiger partial charge is 0.505 e. The van der Waals surface area contributed by atoms with E-state index in [0.717, 1.165) is 0 Å². The zero-order chi connectivity index (χ0) is 10.0. The predicted octanol–water partition coefficient (Wildman–Crippen LogP) is 1.39. The topological polar surface area (TPSA) is 83.5 Å². The van der Waals surface area contributed by atoms with Crippen molar-refractivity contribution in [3.8, 4) is 5.75 Å². The van der Waals surface area contributed by atoms with Crippen LogP contribution in [-0.4, -0.2) is 22.4 Å². The summed E-state index contributed by atoms with van der Waals surface area (Å²) in [6, 6.07) is 2.92. The first-order valence-corrected chi connectivity index (χ1v) is 4.68. The third kappa shape index (κ3) is 1.86. The second-order valence-corrected chi connectivity index (χ2v) is 3.30. The summed E-state index contributed by atoms with van der Waals surface area (Å²) in [5, 5.41) is 18.0. The van der Waals surface area contributed by atoms with Gasteiger partial charge >= 0.3 is 5.97 Å². The van der Waals surface area contributed by atoms with Crippen LogP contribution in [-0.2, 0) is 0 Å². The fourth-order valence-electron chi connectivity index (χ4n) is 0.910. The van der Waals surface area contributed by atoms with Crippen molar-refractivity contribution in [1.29, 1.82) is 0 Å². The molecule has 0 atom stereocenters. The monoisotopic (exact) mass is 199 g/mol. The summed E-state index contributed by atoms with van der Waals surface area (Å²) in [6.07, 6.45) is 1.80. The summed E-state index contributed by atoms with van der Waals surface area (Å²) in [4.78, 5) is 11.3. The molecule has 4 N–H and O–H groups in total. The van der Waals surface area contributed by atoms with E-state index in [4.69, 9.17) is 10.8 Å². The van der Waals surface area contributed by atoms with Crippen LogP contribution in [0.25, 0.3) is 0 Å². The molecule has 0 aliphatic carbocycles. The molecule has 0 aliphatic rings. The van der Waals surface area contributed by atoms with Gasteiger partial charge < -0.3 is 15.9 Å². The minimum absolute atomic E-state index is 0.0873. The van der Waals surface area contributed by atoms with E-state index in [2.05, 4.69) is 0 Å². The van der Waals surface area contributed by atoms with E-state index in [0.29, 0.717) is 4.90 Å². The Kier molecular flexibility index (Phi) is 2.67. The lowest BCUT2D eigenvalue weighted by molar-refractivity contribution is 0.0693. The number of hydrogen-bond acceptors (Lipinski definition) is 4. The maximum absolute atomic E-state index is 10.6. The molecule has 0 saturated carbocycles. The van der Waals surface area contributed by atoms with Crippen LogP contribution in [0, 0.1) is 0 Å². The molecular weight excluding hydrogens is 190 g/mol. The van der Waals surface area contributed by atoms with Crippen molar-refractivity contribution in [3.63, 3.8) is 0 Å². The zero-order valence-corrected chi connectivity index (χ0v) is 7.76. The van der Waals surface area contributed by atoms with Gasteiger partial charge in [-0.2, -0.15) is 0 Å². The van der Waals surface area contributed by atoms with Crippen molar-refractivity contribution < 1.29 is 15.0 Å². The number of thioether (sulfide) groups is 1. The molecule has 1 rings (SSSR count). The highest BCUT2D eigenvalue weighted by molar-refractivity contribution is 7.98. The molecule has 0 spiro atoms. The van der Waals surface area contributed by atoms with Gasteiger partial charge in [0.05, 0.1) is 5.69 Å². The van der Waals surface area contributed by atoms with E-state index in [1.807, 2.05) is 0 Å². The summed E-state index contributed by atoms with van der Waals surface area (Å²) < 4.78 is 0. The van der Waals surface area contributed by atoms with Gasteiger partial charge in [0.25, 0.3) is 0 Å². The Morgan fingerprint density at radius 2 is 2.15 bits per heavy atom. The molecule has 1 aromatic carbocycles. The van der Waals surface area contributed by atoms with Gasteiger partial charge in [0.15, 0.2) is 5.75 Å². The third-order valence-corrected chi connectivity index (χ3v) is 2.29. The van der Waals surface area contributed by atoms with E-state index in [1.54, 1.807) is 6.26 Å². The molecule has 13 heavy (non-hydrogen) atoms. The van der Waals surface area contributed by atoms with Crippen LogP contribution >= 0.6 is 11.8 Å². The Morgan fingerprint density at radius 1 is 1.54 bits per heavy atom. The Bertz CT molecular complexity index is 351. The normalized spacial score (nSPS) is 9.92. The number of carboxylic acids is 1. The van der Waals surface area contributed by atoms with E-state index in [9.17, 15) is 9.90 Å². The molecule has 4 nitrogen and oxygen atoms in total. The Hall–Kier alpha value is -1.36. The Balaban J connectivity index is 3.33. The first-order chi connectivity index (χ1) is 6.06. The summed E-state index contributed by atoms with van der Waals surface area (Å²) in [7, 11) is 0. The molecule has 0 aliphatic heterocycles. The molecule has 1 aromatic rings. The Morgan fingerprint density at radius 3 is 2.62 bits per heavy atom. The lowest BCUT2D eigenvalue weighted by Gasteiger charge is -2.05. The predicted molar refractivity (Wildman–Crippen MR) is 51.3 cm³/mol. The van der Waals surface area contributed by atoms with Gasteiger partial charge in [0.2, 0.25) is 0 Å². The minimum Gasteiger partial charge on any atom is -0.505 e. The number of phenols is 1. The highest BCUT2D eigenvalue weighted by atomic mass is 32.2. The van der Waals surface area contributed by atoms with E-state index < -0.39 is 5.97 Å². The molecule has 70 valence electrons. The molecule has 0 saturated heterocycles. The van der Waals surface area contributed by atoms with Crippen LogP contribution in [0.3, 0.4) is 0 Å². The molecule has 0 bridgehead atoms. The van der Waals surface area contributed by atoms with Crippen molar-refractivity contribution in [2.45, 2.75) is 4.90 Å². The van der Waals surface area contributed by atoms with Gasteiger partial charge in [-0.25, -0.2) is 4.79 Å². The van der Waals surface area contributed by atoms with Gasteiger partial charge in [-0.1, -0.05) is 0 Å². The molecule has 5 heteroatoms. The van der Waals surface area contributed by atoms with Crippen LogP contribution in [0.4, 0.5) is 5.69 Å². The van der Waals surface area contributed by atoms with E-state index in [-0.39, 0.29) is 17.0 Å². The number of nitrogens with two attached hydrogens (primary N) is 1. The molecule has 0 heterocycles. The molecular formula is C8H9NO3S. The second-order valence-electron chi connectivity index (χ2n) is 2.42. The summed E-state index contributed by atoms with van der Waals surface area (Å²) >= 11 is 1.37. The number of aromatic hydroxyl groups is 1. The maximum atomic E-state index is 10.6. The fourth-order valence-corrected chi connectivity index (χ4v) is 1.39. The lowest BCUT2D eigenvalue weighted by atomic mass is 10.2. The van der Waals surface area contributed by atoms with Crippen molar-refractivity contribution in [1.82, 2.24) is 0 Å². The molecule has 0 fully saturated rings. The minimum atomic E-state index is -1.18. The van der Waals surface area contributed by atoms with E-state index >= 15 is 0 Å². The van der Waals surface area contributed by atoms with Crippen molar-refractivity contribution in [2.24, 2.45) is 0 Å². The van der Waals surface area contributed by atoms with Crippen LogP contribution in [0.5, 0.6) is 5.75 Å².